The number of hydrogen-bond donors (Lipinski definition) is 2. The first kappa shape index (κ1) is 25.3. The van der Waals surface area contributed by atoms with E-state index in [-0.39, 0.29) is 12.1 Å². The summed E-state index contributed by atoms with van der Waals surface area (Å²) in [4.78, 5) is 0. The maximum absolute atomic E-state index is 11.3. The lowest BCUT2D eigenvalue weighted by atomic mass is 9.88. The third-order valence-electron chi connectivity index (χ3n) is 6.30. The average molecular weight is 474 g/mol. The molecule has 35 heavy (non-hydrogen) atoms. The summed E-state index contributed by atoms with van der Waals surface area (Å²) in [6.45, 7) is 5.63. The Morgan fingerprint density at radius 3 is 1.69 bits per heavy atom. The van der Waals surface area contributed by atoms with Gasteiger partial charge >= 0.3 is 0 Å². The van der Waals surface area contributed by atoms with Crippen LogP contribution in [-0.4, -0.2) is 42.1 Å². The molecule has 0 radical (unpaired) electrons. The van der Waals surface area contributed by atoms with Crippen molar-refractivity contribution in [1.29, 1.82) is 0 Å². The smallest absolute Gasteiger partial charge is 0.113 e. The average Bonchev–Trinajstić information content (AvgIpc) is 2.90. The first-order valence-electron chi connectivity index (χ1n) is 12.2. The molecule has 0 aromatic heterocycles. The minimum atomic E-state index is -0.747. The molecule has 5 atom stereocenters. The van der Waals surface area contributed by atoms with Crippen molar-refractivity contribution >= 4 is 0 Å². The number of piperidine rings is 1. The topological polar surface area (TPSA) is 60.0 Å². The van der Waals surface area contributed by atoms with Crippen LogP contribution in [0.4, 0.5) is 0 Å². The van der Waals surface area contributed by atoms with Gasteiger partial charge in [0.2, 0.25) is 0 Å². The molecule has 0 spiro atoms. The van der Waals surface area contributed by atoms with E-state index >= 15 is 0 Å². The normalized spacial score (nSPS) is 24.2. The van der Waals surface area contributed by atoms with Gasteiger partial charge in [-0.3, -0.25) is 0 Å². The molecule has 0 bridgehead atoms. The summed E-state index contributed by atoms with van der Waals surface area (Å²) in [7, 11) is 0. The van der Waals surface area contributed by atoms with E-state index in [0.717, 1.165) is 16.7 Å². The summed E-state index contributed by atoms with van der Waals surface area (Å²) >= 11 is 0. The molecule has 3 aromatic rings. The molecule has 1 saturated heterocycles. The first-order chi connectivity index (χ1) is 17.2. The minimum Gasteiger partial charge on any atom is -0.389 e. The Hall–Kier alpha value is -2.80. The molecule has 5 nitrogen and oxygen atoms in total. The maximum Gasteiger partial charge on any atom is 0.113 e. The van der Waals surface area contributed by atoms with E-state index in [1.165, 1.54) is 0 Å². The highest BCUT2D eigenvalue weighted by atomic mass is 16.6. The molecule has 1 fully saturated rings. The van der Waals surface area contributed by atoms with Crippen molar-refractivity contribution in [1.82, 2.24) is 5.32 Å². The SMILES string of the molecule is C=CC[C@H]1N[C@H](COCc2ccccc2)[C@@H](OCc2ccccc2)[C@H](OCc2ccccc2)[C@H]1O. The Balaban J connectivity index is 1.50. The van der Waals surface area contributed by atoms with Gasteiger partial charge in [0.25, 0.3) is 0 Å². The summed E-state index contributed by atoms with van der Waals surface area (Å²) in [5.41, 5.74) is 3.24. The van der Waals surface area contributed by atoms with Gasteiger partial charge in [-0.05, 0) is 23.1 Å². The molecule has 0 amide bonds. The van der Waals surface area contributed by atoms with Crippen LogP contribution in [0.1, 0.15) is 23.1 Å². The van der Waals surface area contributed by atoms with Gasteiger partial charge in [-0.1, -0.05) is 97.1 Å². The lowest BCUT2D eigenvalue weighted by molar-refractivity contribution is -0.177. The van der Waals surface area contributed by atoms with Crippen molar-refractivity contribution in [3.63, 3.8) is 0 Å². The van der Waals surface area contributed by atoms with Crippen LogP contribution in [0, 0.1) is 0 Å². The predicted molar refractivity (Wildman–Crippen MR) is 138 cm³/mol. The van der Waals surface area contributed by atoms with Crippen molar-refractivity contribution in [2.45, 2.75) is 56.6 Å². The lowest BCUT2D eigenvalue weighted by Gasteiger charge is -2.45. The van der Waals surface area contributed by atoms with Gasteiger partial charge < -0.3 is 24.6 Å². The molecule has 1 aliphatic heterocycles. The number of ether oxygens (including phenoxy) is 3. The van der Waals surface area contributed by atoms with E-state index < -0.39 is 18.3 Å². The van der Waals surface area contributed by atoms with Gasteiger partial charge in [0.15, 0.2) is 0 Å². The van der Waals surface area contributed by atoms with Crippen LogP contribution < -0.4 is 5.32 Å². The zero-order valence-electron chi connectivity index (χ0n) is 20.0. The number of benzene rings is 3. The molecule has 4 rings (SSSR count). The van der Waals surface area contributed by atoms with Gasteiger partial charge in [-0.2, -0.15) is 0 Å². The highest BCUT2D eigenvalue weighted by Gasteiger charge is 2.45. The molecule has 184 valence electrons. The monoisotopic (exact) mass is 473 g/mol. The molecule has 5 heteroatoms. The van der Waals surface area contributed by atoms with Crippen LogP contribution in [0.5, 0.6) is 0 Å². The Kier molecular flexibility index (Phi) is 9.64. The molecule has 2 N–H and O–H groups in total. The largest absolute Gasteiger partial charge is 0.389 e. The zero-order chi connectivity index (χ0) is 24.3. The third-order valence-corrected chi connectivity index (χ3v) is 6.30. The number of hydrogen-bond acceptors (Lipinski definition) is 5. The first-order valence-corrected chi connectivity index (χ1v) is 12.2. The molecule has 0 aliphatic carbocycles. The minimum absolute atomic E-state index is 0.156. The van der Waals surface area contributed by atoms with Crippen molar-refractivity contribution < 1.29 is 19.3 Å². The van der Waals surface area contributed by atoms with Crippen molar-refractivity contribution in [2.75, 3.05) is 6.61 Å². The van der Waals surface area contributed by atoms with Crippen LogP contribution in [0.2, 0.25) is 0 Å². The molecule has 3 aromatic carbocycles. The lowest BCUT2D eigenvalue weighted by Crippen LogP contribution is -2.67. The zero-order valence-corrected chi connectivity index (χ0v) is 20.0. The highest BCUT2D eigenvalue weighted by Crippen LogP contribution is 2.26. The molecule has 0 unspecified atom stereocenters. The summed E-state index contributed by atoms with van der Waals surface area (Å²) in [6.07, 6.45) is 0.777. The van der Waals surface area contributed by atoms with Gasteiger partial charge in [-0.25, -0.2) is 0 Å². The fourth-order valence-corrected chi connectivity index (χ4v) is 4.47. The van der Waals surface area contributed by atoms with Crippen LogP contribution in [0.15, 0.2) is 104 Å². The third kappa shape index (κ3) is 7.34. The molecule has 0 saturated carbocycles. The van der Waals surface area contributed by atoms with Gasteiger partial charge in [0.1, 0.15) is 12.2 Å². The Morgan fingerprint density at radius 2 is 1.17 bits per heavy atom. The standard InChI is InChI=1S/C30H35NO4/c1-2-12-26-28(32)30(35-21-25-17-10-5-11-18-25)29(34-20-24-15-8-4-9-16-24)27(31-26)22-33-19-23-13-6-3-7-14-23/h2-11,13-18,26-32H,1,12,19-22H2/t26-,27-,28+,29-,30-/m1/s1. The second-order valence-corrected chi connectivity index (χ2v) is 8.92. The molecular formula is C30H35NO4. The number of nitrogens with one attached hydrogen (secondary N) is 1. The fourth-order valence-electron chi connectivity index (χ4n) is 4.47. The molecule has 1 aliphatic rings. The van der Waals surface area contributed by atoms with Gasteiger partial charge in [0.05, 0.1) is 38.6 Å². The number of rotatable bonds is 12. The summed E-state index contributed by atoms with van der Waals surface area (Å²) < 4.78 is 18.9. The second-order valence-electron chi connectivity index (χ2n) is 8.92. The summed E-state index contributed by atoms with van der Waals surface area (Å²) in [5.74, 6) is 0. The van der Waals surface area contributed by atoms with Crippen molar-refractivity contribution in [3.8, 4) is 0 Å². The van der Waals surface area contributed by atoms with E-state index in [1.807, 2.05) is 97.1 Å². The predicted octanol–water partition coefficient (Wildman–Crippen LogP) is 4.65. The van der Waals surface area contributed by atoms with E-state index in [0.29, 0.717) is 32.8 Å². The molecular weight excluding hydrogens is 438 g/mol. The second kappa shape index (κ2) is 13.3. The summed E-state index contributed by atoms with van der Waals surface area (Å²) in [6, 6.07) is 29.8. The van der Waals surface area contributed by atoms with Crippen LogP contribution in [0.3, 0.4) is 0 Å². The van der Waals surface area contributed by atoms with Crippen molar-refractivity contribution in [2.24, 2.45) is 0 Å². The van der Waals surface area contributed by atoms with Crippen LogP contribution >= 0.6 is 0 Å². The van der Waals surface area contributed by atoms with Gasteiger partial charge in [-0.15, -0.1) is 6.58 Å². The Bertz CT molecular complexity index is 999. The Labute approximate surface area is 208 Å². The van der Waals surface area contributed by atoms with Crippen molar-refractivity contribution in [3.05, 3.63) is 120 Å². The van der Waals surface area contributed by atoms with E-state index in [1.54, 1.807) is 0 Å². The van der Waals surface area contributed by atoms with Crippen LogP contribution in [0.25, 0.3) is 0 Å². The number of aliphatic hydroxyl groups excluding tert-OH is 1. The fraction of sp³-hybridized carbons (Fsp3) is 0.333. The van der Waals surface area contributed by atoms with E-state index in [2.05, 4.69) is 11.9 Å². The van der Waals surface area contributed by atoms with E-state index in [4.69, 9.17) is 14.2 Å². The quantitative estimate of drug-likeness (QED) is 0.375. The van der Waals surface area contributed by atoms with Gasteiger partial charge in [0, 0.05) is 6.04 Å². The maximum atomic E-state index is 11.3. The summed E-state index contributed by atoms with van der Waals surface area (Å²) in [5, 5.41) is 14.8. The highest BCUT2D eigenvalue weighted by molar-refractivity contribution is 5.16. The Morgan fingerprint density at radius 1 is 0.686 bits per heavy atom. The van der Waals surface area contributed by atoms with Crippen LogP contribution in [-0.2, 0) is 34.0 Å². The van der Waals surface area contributed by atoms with E-state index in [9.17, 15) is 5.11 Å². The number of aliphatic hydroxyl groups is 1. The molecule has 1 heterocycles.